The molecule has 84 valence electrons. The quantitative estimate of drug-likeness (QED) is 0.507. The van der Waals surface area contributed by atoms with Gasteiger partial charge in [0.05, 0.1) is 0 Å². The van der Waals surface area contributed by atoms with Crippen LogP contribution in [0.5, 0.6) is 0 Å². The smallest absolute Gasteiger partial charge is 0.00517 e. The molecule has 0 N–H and O–H groups in total. The van der Waals surface area contributed by atoms with Crippen LogP contribution in [0.3, 0.4) is 0 Å². The van der Waals surface area contributed by atoms with Gasteiger partial charge in [-0.25, -0.2) is 0 Å². The maximum atomic E-state index is 2.65. The van der Waals surface area contributed by atoms with Gasteiger partial charge in [0.15, 0.2) is 0 Å². The predicted octanol–water partition coefficient (Wildman–Crippen LogP) is 4.56. The molecule has 0 aromatic carbocycles. The van der Waals surface area contributed by atoms with Crippen LogP contribution in [0, 0.1) is 22.2 Å². The van der Waals surface area contributed by atoms with Crippen LogP contribution in [-0.4, -0.2) is 0 Å². The van der Waals surface area contributed by atoms with E-state index >= 15 is 0 Å². The summed E-state index contributed by atoms with van der Waals surface area (Å²) in [5, 5.41) is 0. The van der Waals surface area contributed by atoms with Crippen molar-refractivity contribution in [3.8, 4) is 0 Å². The molecule has 0 aromatic heterocycles. The Morgan fingerprint density at radius 3 is 2.67 bits per heavy atom. The first-order valence-corrected chi connectivity index (χ1v) is 6.66. The van der Waals surface area contributed by atoms with Crippen LogP contribution in [0.2, 0.25) is 0 Å². The Bertz CT molecular complexity index is 340. The molecule has 0 heterocycles. The predicted molar refractivity (Wildman–Crippen MR) is 64.7 cm³/mol. The van der Waals surface area contributed by atoms with Crippen LogP contribution in [-0.2, 0) is 0 Å². The van der Waals surface area contributed by atoms with Crippen molar-refractivity contribution in [2.24, 2.45) is 22.2 Å². The summed E-state index contributed by atoms with van der Waals surface area (Å²) in [5.74, 6) is 0.934. The molecule has 0 unspecified atom stereocenters. The fraction of sp³-hybridized carbons (Fsp3) is 0.867. The summed E-state index contributed by atoms with van der Waals surface area (Å²) in [6.07, 6.45) is 9.92. The minimum atomic E-state index is 0.530. The minimum absolute atomic E-state index is 0.530. The normalized spacial score (nSPS) is 57.9. The van der Waals surface area contributed by atoms with Gasteiger partial charge in [-0.15, -0.1) is 0 Å². The maximum Gasteiger partial charge on any atom is -0.00517 e. The summed E-state index contributed by atoms with van der Waals surface area (Å²) in [6.45, 7) is 10.0. The van der Waals surface area contributed by atoms with Gasteiger partial charge in [0.1, 0.15) is 0 Å². The van der Waals surface area contributed by atoms with Gasteiger partial charge in [0, 0.05) is 0 Å². The Kier molecular flexibility index (Phi) is 1.67. The number of hydrogen-bond donors (Lipinski definition) is 0. The lowest BCUT2D eigenvalue weighted by Crippen LogP contribution is -2.42. The second-order valence-corrected chi connectivity index (χ2v) is 6.84. The monoisotopic (exact) mass is 204 g/mol. The van der Waals surface area contributed by atoms with Gasteiger partial charge in [-0.3, -0.25) is 0 Å². The van der Waals surface area contributed by atoms with Crippen LogP contribution in [0.1, 0.15) is 59.8 Å². The number of hydrogen-bond acceptors (Lipinski definition) is 0. The molecule has 0 aliphatic heterocycles. The van der Waals surface area contributed by atoms with Gasteiger partial charge in [0.2, 0.25) is 0 Å². The molecule has 0 aromatic rings. The highest BCUT2D eigenvalue weighted by Gasteiger charge is 2.68. The third kappa shape index (κ3) is 0.797. The molecule has 1 spiro atoms. The van der Waals surface area contributed by atoms with Crippen molar-refractivity contribution in [3.63, 3.8) is 0 Å². The Hall–Kier alpha value is -0.260. The average Bonchev–Trinajstić information content (AvgIpc) is 2.67. The van der Waals surface area contributed by atoms with Crippen LogP contribution in [0.4, 0.5) is 0 Å². The molecule has 2 saturated carbocycles. The van der Waals surface area contributed by atoms with Gasteiger partial charge >= 0.3 is 0 Å². The highest BCUT2D eigenvalue weighted by atomic mass is 14.7. The first-order chi connectivity index (χ1) is 6.96. The SMILES string of the molecule is CC1=C[C@@]2(C)CCC[C@@]23[C@@H](C)CC[C@]13C. The summed E-state index contributed by atoms with van der Waals surface area (Å²) in [6, 6.07) is 0. The van der Waals surface area contributed by atoms with E-state index in [1.807, 2.05) is 0 Å². The Labute approximate surface area is 94.1 Å². The molecule has 0 saturated heterocycles. The zero-order valence-electron chi connectivity index (χ0n) is 10.7. The molecule has 0 heteroatoms. The molecule has 2 fully saturated rings. The third-order valence-corrected chi connectivity index (χ3v) is 6.60. The van der Waals surface area contributed by atoms with Crippen molar-refractivity contribution in [1.29, 1.82) is 0 Å². The average molecular weight is 204 g/mol. The molecule has 15 heavy (non-hydrogen) atoms. The second kappa shape index (κ2) is 2.52. The van der Waals surface area contributed by atoms with Crippen molar-refractivity contribution in [2.45, 2.75) is 59.8 Å². The number of rotatable bonds is 0. The molecule has 0 amide bonds. The molecule has 0 bridgehead atoms. The zero-order valence-corrected chi connectivity index (χ0v) is 10.7. The maximum absolute atomic E-state index is 2.65. The van der Waals surface area contributed by atoms with Crippen molar-refractivity contribution >= 4 is 0 Å². The first kappa shape index (κ1) is 9.93. The molecule has 0 radical (unpaired) electrons. The van der Waals surface area contributed by atoms with Crippen LogP contribution in [0.25, 0.3) is 0 Å². The third-order valence-electron chi connectivity index (χ3n) is 6.60. The molecule has 0 nitrogen and oxygen atoms in total. The van der Waals surface area contributed by atoms with E-state index < -0.39 is 0 Å². The first-order valence-electron chi connectivity index (χ1n) is 6.66. The fourth-order valence-electron chi connectivity index (χ4n) is 5.86. The lowest BCUT2D eigenvalue weighted by Gasteiger charge is -2.48. The largest absolute Gasteiger partial charge is 0.0785 e. The topological polar surface area (TPSA) is 0 Å². The van der Waals surface area contributed by atoms with Crippen molar-refractivity contribution < 1.29 is 0 Å². The van der Waals surface area contributed by atoms with E-state index in [2.05, 4.69) is 33.8 Å². The minimum Gasteiger partial charge on any atom is -0.0785 e. The summed E-state index contributed by atoms with van der Waals surface area (Å²) < 4.78 is 0. The second-order valence-electron chi connectivity index (χ2n) is 6.84. The standard InChI is InChI=1S/C15H24/c1-11-6-9-14(4)12(2)10-13(3)7-5-8-15(11,13)14/h10-11H,5-9H2,1-4H3/t11-,13+,14+,15+/m0/s1. The van der Waals surface area contributed by atoms with Gasteiger partial charge in [-0.2, -0.15) is 0 Å². The highest BCUT2D eigenvalue weighted by Crippen LogP contribution is 2.77. The number of allylic oxidation sites excluding steroid dienone is 2. The highest BCUT2D eigenvalue weighted by molar-refractivity contribution is 5.36. The van der Waals surface area contributed by atoms with E-state index in [9.17, 15) is 0 Å². The molecule has 3 rings (SSSR count). The van der Waals surface area contributed by atoms with E-state index in [-0.39, 0.29) is 0 Å². The van der Waals surface area contributed by atoms with Crippen LogP contribution in [0.15, 0.2) is 11.6 Å². The molecular weight excluding hydrogens is 180 g/mol. The molecule has 3 aliphatic carbocycles. The Morgan fingerprint density at radius 2 is 1.93 bits per heavy atom. The van der Waals surface area contributed by atoms with Crippen molar-refractivity contribution in [3.05, 3.63) is 11.6 Å². The summed E-state index contributed by atoms with van der Waals surface area (Å²) in [7, 11) is 0. The Balaban J connectivity index is 2.22. The fourth-order valence-corrected chi connectivity index (χ4v) is 5.86. The van der Waals surface area contributed by atoms with E-state index in [1.165, 1.54) is 32.1 Å². The molecule has 4 atom stereocenters. The lowest BCUT2D eigenvalue weighted by atomic mass is 9.55. The van der Waals surface area contributed by atoms with Gasteiger partial charge in [-0.05, 0) is 54.8 Å². The summed E-state index contributed by atoms with van der Waals surface area (Å²) >= 11 is 0. The Morgan fingerprint density at radius 1 is 1.20 bits per heavy atom. The molecular formula is C15H24. The van der Waals surface area contributed by atoms with E-state index in [0.29, 0.717) is 16.2 Å². The van der Waals surface area contributed by atoms with Gasteiger partial charge in [-0.1, -0.05) is 38.8 Å². The van der Waals surface area contributed by atoms with Crippen molar-refractivity contribution in [2.75, 3.05) is 0 Å². The van der Waals surface area contributed by atoms with Crippen LogP contribution >= 0.6 is 0 Å². The van der Waals surface area contributed by atoms with E-state index in [0.717, 1.165) is 5.92 Å². The van der Waals surface area contributed by atoms with E-state index in [4.69, 9.17) is 0 Å². The summed E-state index contributed by atoms with van der Waals surface area (Å²) in [5.41, 5.74) is 3.40. The lowest BCUT2D eigenvalue weighted by molar-refractivity contribution is 0.0228. The zero-order chi connectivity index (χ0) is 10.9. The molecule has 3 aliphatic rings. The van der Waals surface area contributed by atoms with Gasteiger partial charge in [0.25, 0.3) is 0 Å². The van der Waals surface area contributed by atoms with Crippen molar-refractivity contribution in [1.82, 2.24) is 0 Å². The van der Waals surface area contributed by atoms with Gasteiger partial charge < -0.3 is 0 Å². The van der Waals surface area contributed by atoms with E-state index in [1.54, 1.807) is 5.57 Å². The van der Waals surface area contributed by atoms with Crippen LogP contribution < -0.4 is 0 Å². The summed E-state index contributed by atoms with van der Waals surface area (Å²) in [4.78, 5) is 0.